The topological polar surface area (TPSA) is 42.7 Å². The summed E-state index contributed by atoms with van der Waals surface area (Å²) in [5.74, 6) is 0. The number of hydrogen-bond acceptors (Lipinski definition) is 4. The predicted octanol–water partition coefficient (Wildman–Crippen LogP) is 2.91. The van der Waals surface area contributed by atoms with Crippen LogP contribution in [0.3, 0.4) is 0 Å². The van der Waals surface area contributed by atoms with Gasteiger partial charge in [0.2, 0.25) is 0 Å². The fourth-order valence-electron chi connectivity index (χ4n) is 1.88. The molecule has 0 bridgehead atoms. The van der Waals surface area contributed by atoms with Crippen molar-refractivity contribution in [3.8, 4) is 10.6 Å². The number of rotatable bonds is 5. The number of nitrogens with zero attached hydrogens (tertiary/aromatic N) is 3. The summed E-state index contributed by atoms with van der Waals surface area (Å²) in [6.07, 6.45) is 3.17. The van der Waals surface area contributed by atoms with E-state index in [1.165, 1.54) is 0 Å². The third kappa shape index (κ3) is 2.79. The Bertz CT molecular complexity index is 515. The van der Waals surface area contributed by atoms with E-state index in [-0.39, 0.29) is 0 Å². The van der Waals surface area contributed by atoms with Gasteiger partial charge in [-0.05, 0) is 26.8 Å². The van der Waals surface area contributed by atoms with Gasteiger partial charge in [0.1, 0.15) is 5.01 Å². The number of aryl methyl sites for hydroxylation is 2. The van der Waals surface area contributed by atoms with Gasteiger partial charge in [-0.3, -0.25) is 4.68 Å². The molecule has 1 atom stereocenters. The van der Waals surface area contributed by atoms with Crippen LogP contribution in [-0.2, 0) is 7.05 Å². The molecule has 2 aromatic heterocycles. The molecule has 0 saturated heterocycles. The molecule has 2 aromatic rings. The van der Waals surface area contributed by atoms with E-state index in [4.69, 9.17) is 4.98 Å². The second-order valence-electron chi connectivity index (χ2n) is 4.56. The maximum atomic E-state index is 4.71. The molecule has 0 aliphatic carbocycles. The van der Waals surface area contributed by atoms with Gasteiger partial charge in [-0.15, -0.1) is 11.3 Å². The molecule has 2 rings (SSSR count). The minimum atomic E-state index is 0.312. The van der Waals surface area contributed by atoms with Crippen molar-refractivity contribution < 1.29 is 0 Å². The van der Waals surface area contributed by atoms with Gasteiger partial charge in [0.05, 0.1) is 17.0 Å². The molecular formula is C13H20N4S. The van der Waals surface area contributed by atoms with Gasteiger partial charge < -0.3 is 5.32 Å². The van der Waals surface area contributed by atoms with E-state index in [0.717, 1.165) is 34.9 Å². The maximum Gasteiger partial charge on any atom is 0.127 e. The fraction of sp³-hybridized carbons (Fsp3) is 0.538. The molecule has 1 unspecified atom stereocenters. The van der Waals surface area contributed by atoms with Crippen molar-refractivity contribution in [3.63, 3.8) is 0 Å². The molecule has 18 heavy (non-hydrogen) atoms. The summed E-state index contributed by atoms with van der Waals surface area (Å²) in [4.78, 5) is 4.71. The van der Waals surface area contributed by atoms with Crippen LogP contribution >= 0.6 is 11.3 Å². The molecule has 98 valence electrons. The number of hydrogen-bond donors (Lipinski definition) is 1. The molecule has 0 saturated carbocycles. The third-order valence-corrected chi connectivity index (χ3v) is 3.80. The Hall–Kier alpha value is -1.20. The Morgan fingerprint density at radius 2 is 2.28 bits per heavy atom. The summed E-state index contributed by atoms with van der Waals surface area (Å²) in [6, 6.07) is 0.312. The van der Waals surface area contributed by atoms with Crippen molar-refractivity contribution in [3.05, 3.63) is 23.0 Å². The number of aromatic nitrogens is 3. The Kier molecular flexibility index (Phi) is 4.14. The van der Waals surface area contributed by atoms with E-state index < -0.39 is 0 Å². The zero-order chi connectivity index (χ0) is 13.1. The second kappa shape index (κ2) is 5.63. The monoisotopic (exact) mass is 264 g/mol. The summed E-state index contributed by atoms with van der Waals surface area (Å²) >= 11 is 1.69. The highest BCUT2D eigenvalue weighted by Gasteiger charge is 2.13. The minimum absolute atomic E-state index is 0.312. The van der Waals surface area contributed by atoms with Gasteiger partial charge in [0.15, 0.2) is 0 Å². The normalized spacial score (nSPS) is 12.9. The Morgan fingerprint density at radius 3 is 2.89 bits per heavy atom. The summed E-state index contributed by atoms with van der Waals surface area (Å²) < 4.78 is 1.84. The largest absolute Gasteiger partial charge is 0.309 e. The van der Waals surface area contributed by atoms with Crippen molar-refractivity contribution in [1.82, 2.24) is 20.1 Å². The molecule has 0 aliphatic rings. The van der Waals surface area contributed by atoms with Crippen molar-refractivity contribution >= 4 is 11.3 Å². The van der Waals surface area contributed by atoms with Crippen molar-refractivity contribution in [2.45, 2.75) is 33.2 Å². The lowest BCUT2D eigenvalue weighted by atomic mass is 10.2. The standard InChI is InChI=1S/C13H20N4S/c1-5-6-14-10(3)12-8-18-13(15-12)11-7-17(4)16-9(11)2/h7-8,10,14H,5-6H2,1-4H3. The van der Waals surface area contributed by atoms with E-state index in [0.29, 0.717) is 6.04 Å². The molecule has 0 spiro atoms. The van der Waals surface area contributed by atoms with Crippen LogP contribution in [-0.4, -0.2) is 21.3 Å². The van der Waals surface area contributed by atoms with Gasteiger partial charge in [-0.25, -0.2) is 4.98 Å². The molecule has 0 fully saturated rings. The lowest BCUT2D eigenvalue weighted by Crippen LogP contribution is -2.19. The average Bonchev–Trinajstić information content (AvgIpc) is 2.92. The van der Waals surface area contributed by atoms with Crippen LogP contribution in [0.2, 0.25) is 0 Å². The Balaban J connectivity index is 2.17. The van der Waals surface area contributed by atoms with Crippen LogP contribution in [0.1, 0.15) is 37.7 Å². The van der Waals surface area contributed by atoms with Crippen molar-refractivity contribution in [2.75, 3.05) is 6.54 Å². The van der Waals surface area contributed by atoms with Crippen LogP contribution in [0, 0.1) is 6.92 Å². The summed E-state index contributed by atoms with van der Waals surface area (Å²) in [5, 5.41) is 11.0. The Labute approximate surface area is 112 Å². The first-order valence-electron chi connectivity index (χ1n) is 6.31. The SMILES string of the molecule is CCCNC(C)c1csc(-c2cn(C)nc2C)n1. The van der Waals surface area contributed by atoms with E-state index in [1.54, 1.807) is 11.3 Å². The van der Waals surface area contributed by atoms with E-state index in [9.17, 15) is 0 Å². The molecule has 0 aromatic carbocycles. The minimum Gasteiger partial charge on any atom is -0.309 e. The van der Waals surface area contributed by atoms with Gasteiger partial charge in [0, 0.05) is 24.7 Å². The second-order valence-corrected chi connectivity index (χ2v) is 5.41. The smallest absolute Gasteiger partial charge is 0.127 e. The highest BCUT2D eigenvalue weighted by molar-refractivity contribution is 7.13. The lowest BCUT2D eigenvalue weighted by Gasteiger charge is -2.09. The van der Waals surface area contributed by atoms with Crippen LogP contribution in [0.5, 0.6) is 0 Å². The molecule has 4 nitrogen and oxygen atoms in total. The Morgan fingerprint density at radius 1 is 1.50 bits per heavy atom. The molecule has 0 aliphatic heterocycles. The predicted molar refractivity (Wildman–Crippen MR) is 75.8 cm³/mol. The molecule has 1 N–H and O–H groups in total. The van der Waals surface area contributed by atoms with Gasteiger partial charge >= 0.3 is 0 Å². The van der Waals surface area contributed by atoms with Gasteiger partial charge in [0.25, 0.3) is 0 Å². The van der Waals surface area contributed by atoms with Gasteiger partial charge in [-0.1, -0.05) is 6.92 Å². The molecule has 0 amide bonds. The van der Waals surface area contributed by atoms with Crippen LogP contribution in [0.25, 0.3) is 10.6 Å². The van der Waals surface area contributed by atoms with E-state index in [2.05, 4.69) is 29.6 Å². The van der Waals surface area contributed by atoms with Gasteiger partial charge in [-0.2, -0.15) is 5.10 Å². The van der Waals surface area contributed by atoms with Crippen molar-refractivity contribution in [1.29, 1.82) is 0 Å². The molecular weight excluding hydrogens is 244 g/mol. The molecule has 2 heterocycles. The van der Waals surface area contributed by atoms with E-state index >= 15 is 0 Å². The highest BCUT2D eigenvalue weighted by Crippen LogP contribution is 2.27. The molecule has 5 heteroatoms. The highest BCUT2D eigenvalue weighted by atomic mass is 32.1. The quantitative estimate of drug-likeness (QED) is 0.903. The number of thiazole rings is 1. The number of nitrogens with one attached hydrogen (secondary N) is 1. The zero-order valence-electron chi connectivity index (χ0n) is 11.4. The third-order valence-electron chi connectivity index (χ3n) is 2.91. The molecule has 0 radical (unpaired) electrons. The van der Waals surface area contributed by atoms with E-state index in [1.807, 2.05) is 24.9 Å². The van der Waals surface area contributed by atoms with Crippen LogP contribution < -0.4 is 5.32 Å². The summed E-state index contributed by atoms with van der Waals surface area (Å²) in [5.41, 5.74) is 3.29. The van der Waals surface area contributed by atoms with Crippen LogP contribution in [0.15, 0.2) is 11.6 Å². The first-order valence-corrected chi connectivity index (χ1v) is 7.19. The van der Waals surface area contributed by atoms with Crippen molar-refractivity contribution in [2.24, 2.45) is 7.05 Å². The summed E-state index contributed by atoms with van der Waals surface area (Å²) in [6.45, 7) is 7.38. The zero-order valence-corrected chi connectivity index (χ0v) is 12.2. The first kappa shape index (κ1) is 13.2. The van der Waals surface area contributed by atoms with Crippen LogP contribution in [0.4, 0.5) is 0 Å². The first-order chi connectivity index (χ1) is 8.61. The summed E-state index contributed by atoms with van der Waals surface area (Å²) in [7, 11) is 1.94. The fourth-order valence-corrected chi connectivity index (χ4v) is 2.86. The average molecular weight is 264 g/mol. The lowest BCUT2D eigenvalue weighted by molar-refractivity contribution is 0.561. The maximum absolute atomic E-state index is 4.71.